The quantitative estimate of drug-likeness (QED) is 0.289. The molecule has 1 heterocycles. The molecule has 7 heteroatoms. The number of aromatic nitrogens is 2. The van der Waals surface area contributed by atoms with E-state index in [1.54, 1.807) is 48.2 Å². The van der Waals surface area contributed by atoms with E-state index in [1.165, 1.54) is 22.4 Å². The van der Waals surface area contributed by atoms with E-state index < -0.39 is 5.82 Å². The molecule has 0 aliphatic rings. The molecule has 1 aromatic heterocycles. The number of amides is 1. The normalized spacial score (nSPS) is 11.0. The molecule has 0 bridgehead atoms. The number of hydrogen-bond donors (Lipinski definition) is 0. The molecule has 3 aromatic carbocycles. The highest BCUT2D eigenvalue weighted by molar-refractivity contribution is 7.99. The van der Waals surface area contributed by atoms with Gasteiger partial charge in [-0.1, -0.05) is 48.2 Å². The van der Waals surface area contributed by atoms with Crippen molar-refractivity contribution in [2.24, 2.45) is 0 Å². The van der Waals surface area contributed by atoms with Gasteiger partial charge in [-0.3, -0.25) is 14.2 Å². The summed E-state index contributed by atoms with van der Waals surface area (Å²) in [5, 5.41) is 0.778. The number of carbonyl (C=O) groups is 1. The lowest BCUT2D eigenvalue weighted by atomic mass is 10.2. The van der Waals surface area contributed by atoms with Crippen LogP contribution in [0.4, 0.5) is 10.1 Å². The minimum atomic E-state index is -0.406. The number of thioether (sulfide) groups is 1. The number of nitrogens with zero attached hydrogens (tertiary/aromatic N) is 3. The Morgan fingerprint density at radius 3 is 2.48 bits per heavy atom. The molecule has 4 aromatic rings. The van der Waals surface area contributed by atoms with Crippen LogP contribution in [-0.4, -0.2) is 27.8 Å². The van der Waals surface area contributed by atoms with Gasteiger partial charge in [-0.15, -0.1) is 0 Å². The molecule has 0 saturated carbocycles. The highest BCUT2D eigenvalue weighted by Crippen LogP contribution is 2.25. The molecule has 0 fully saturated rings. The summed E-state index contributed by atoms with van der Waals surface area (Å²) in [6.45, 7) is 6.08. The maximum atomic E-state index is 14.3. The number of hydrogen-bond acceptors (Lipinski definition) is 4. The van der Waals surface area contributed by atoms with E-state index in [2.05, 4.69) is 4.98 Å². The summed E-state index contributed by atoms with van der Waals surface area (Å²) < 4.78 is 15.7. The van der Waals surface area contributed by atoms with Gasteiger partial charge in [-0.2, -0.15) is 0 Å². The lowest BCUT2D eigenvalue weighted by Crippen LogP contribution is -2.33. The van der Waals surface area contributed by atoms with Crippen molar-refractivity contribution in [1.29, 1.82) is 0 Å². The van der Waals surface area contributed by atoms with Crippen molar-refractivity contribution in [1.82, 2.24) is 9.55 Å². The largest absolute Gasteiger partial charge is 0.312 e. The van der Waals surface area contributed by atoms with Gasteiger partial charge in [0, 0.05) is 12.2 Å². The Balaban J connectivity index is 1.74. The summed E-state index contributed by atoms with van der Waals surface area (Å²) >= 11 is 1.17. The van der Waals surface area contributed by atoms with Crippen LogP contribution in [0.25, 0.3) is 16.6 Å². The summed E-state index contributed by atoms with van der Waals surface area (Å²) in [5.41, 5.74) is 2.96. The number of rotatable bonds is 6. The minimum absolute atomic E-state index is 0.0846. The monoisotopic (exact) mass is 461 g/mol. The highest BCUT2D eigenvalue weighted by atomic mass is 32.2. The van der Waals surface area contributed by atoms with Gasteiger partial charge in [0.25, 0.3) is 5.56 Å². The molecule has 1 amide bonds. The molecule has 0 aliphatic carbocycles. The van der Waals surface area contributed by atoms with Gasteiger partial charge in [-0.25, -0.2) is 9.37 Å². The molecule has 5 nitrogen and oxygen atoms in total. The fourth-order valence-corrected chi connectivity index (χ4v) is 4.60. The molecule has 4 rings (SSSR count). The van der Waals surface area contributed by atoms with Crippen molar-refractivity contribution in [3.8, 4) is 5.69 Å². The zero-order valence-corrected chi connectivity index (χ0v) is 19.5. The minimum Gasteiger partial charge on any atom is -0.312 e. The first-order valence-electron chi connectivity index (χ1n) is 10.7. The molecular weight excluding hydrogens is 437 g/mol. The summed E-state index contributed by atoms with van der Waals surface area (Å²) in [5.74, 6) is -0.418. The van der Waals surface area contributed by atoms with Gasteiger partial charge in [-0.05, 0) is 62.2 Å². The molecule has 0 atom stereocenters. The van der Waals surface area contributed by atoms with Crippen LogP contribution in [0.15, 0.2) is 76.7 Å². The third kappa shape index (κ3) is 4.54. The van der Waals surface area contributed by atoms with Gasteiger partial charge >= 0.3 is 0 Å². The number of fused-ring (bicyclic) bond motifs is 1. The van der Waals surface area contributed by atoms with E-state index in [0.717, 1.165) is 11.3 Å². The summed E-state index contributed by atoms with van der Waals surface area (Å²) in [6, 6.07) is 19.4. The predicted octanol–water partition coefficient (Wildman–Crippen LogP) is 5.29. The molecule has 168 valence electrons. The number of aryl methyl sites for hydroxylation is 2. The number of para-hydroxylation sites is 2. The molecule has 0 saturated heterocycles. The third-order valence-electron chi connectivity index (χ3n) is 5.51. The SMILES string of the molecule is CCN(C(=O)CSc1nc2ccccc2c(=O)n1-c1ccc(C)c(F)c1)c1ccccc1C. The van der Waals surface area contributed by atoms with E-state index in [4.69, 9.17) is 0 Å². The van der Waals surface area contributed by atoms with Gasteiger partial charge in [0.2, 0.25) is 5.91 Å². The maximum absolute atomic E-state index is 14.3. The van der Waals surface area contributed by atoms with Crippen LogP contribution in [0.3, 0.4) is 0 Å². The van der Waals surface area contributed by atoms with Crippen LogP contribution in [-0.2, 0) is 4.79 Å². The van der Waals surface area contributed by atoms with E-state index >= 15 is 0 Å². The van der Waals surface area contributed by atoms with Crippen molar-refractivity contribution < 1.29 is 9.18 Å². The average molecular weight is 462 g/mol. The van der Waals surface area contributed by atoms with Crippen LogP contribution in [0.1, 0.15) is 18.1 Å². The van der Waals surface area contributed by atoms with Crippen LogP contribution < -0.4 is 10.5 Å². The Kier molecular flexibility index (Phi) is 6.60. The second-order valence-electron chi connectivity index (χ2n) is 7.70. The van der Waals surface area contributed by atoms with E-state index in [-0.39, 0.29) is 17.2 Å². The van der Waals surface area contributed by atoms with Gasteiger partial charge in [0.15, 0.2) is 5.16 Å². The number of halogens is 1. The zero-order valence-electron chi connectivity index (χ0n) is 18.7. The molecular formula is C26H24FN3O2S. The highest BCUT2D eigenvalue weighted by Gasteiger charge is 2.19. The topological polar surface area (TPSA) is 55.2 Å². The van der Waals surface area contributed by atoms with Crippen LogP contribution in [0, 0.1) is 19.7 Å². The Bertz CT molecular complexity index is 1400. The van der Waals surface area contributed by atoms with E-state index in [9.17, 15) is 14.0 Å². The predicted molar refractivity (Wildman–Crippen MR) is 132 cm³/mol. The van der Waals surface area contributed by atoms with Crippen molar-refractivity contribution in [3.63, 3.8) is 0 Å². The lowest BCUT2D eigenvalue weighted by molar-refractivity contribution is -0.116. The summed E-state index contributed by atoms with van der Waals surface area (Å²) in [4.78, 5) is 32.8. The summed E-state index contributed by atoms with van der Waals surface area (Å²) in [7, 11) is 0. The Morgan fingerprint density at radius 2 is 1.76 bits per heavy atom. The standard InChI is InChI=1S/C26H24FN3O2S/c1-4-29(23-12-8-5-9-18(23)3)24(31)16-33-26-28-22-11-7-6-10-20(22)25(32)30(26)19-14-13-17(2)21(27)15-19/h5-15H,4,16H2,1-3H3. The van der Waals surface area contributed by atoms with Crippen molar-refractivity contribution in [2.45, 2.75) is 25.9 Å². The lowest BCUT2D eigenvalue weighted by Gasteiger charge is -2.23. The molecule has 0 N–H and O–H groups in total. The number of benzene rings is 3. The fourth-order valence-electron chi connectivity index (χ4n) is 3.71. The van der Waals surface area contributed by atoms with Gasteiger partial charge in [0.1, 0.15) is 5.82 Å². The molecule has 0 radical (unpaired) electrons. The van der Waals surface area contributed by atoms with E-state index in [1.807, 2.05) is 38.1 Å². The first-order chi connectivity index (χ1) is 15.9. The smallest absolute Gasteiger partial charge is 0.266 e. The Morgan fingerprint density at radius 1 is 1.03 bits per heavy atom. The van der Waals surface area contributed by atoms with Gasteiger partial charge < -0.3 is 4.90 Å². The first-order valence-corrected chi connectivity index (χ1v) is 11.7. The van der Waals surface area contributed by atoms with Crippen LogP contribution in [0.5, 0.6) is 0 Å². The molecule has 33 heavy (non-hydrogen) atoms. The third-order valence-corrected chi connectivity index (χ3v) is 6.43. The summed E-state index contributed by atoms with van der Waals surface area (Å²) in [6.07, 6.45) is 0. The Hall–Kier alpha value is -3.45. The van der Waals surface area contributed by atoms with Crippen molar-refractivity contribution >= 4 is 34.3 Å². The number of carbonyl (C=O) groups excluding carboxylic acids is 1. The molecule has 0 aliphatic heterocycles. The fraction of sp³-hybridized carbons (Fsp3) is 0.192. The number of anilines is 1. The van der Waals surface area contributed by atoms with Crippen LogP contribution >= 0.6 is 11.8 Å². The van der Waals surface area contributed by atoms with Crippen molar-refractivity contribution in [3.05, 3.63) is 94.0 Å². The van der Waals surface area contributed by atoms with Crippen LogP contribution in [0.2, 0.25) is 0 Å². The Labute approximate surface area is 195 Å². The van der Waals surface area contributed by atoms with E-state index in [0.29, 0.717) is 33.9 Å². The first kappa shape index (κ1) is 22.7. The molecule has 0 spiro atoms. The molecule has 0 unspecified atom stereocenters. The second kappa shape index (κ2) is 9.58. The van der Waals surface area contributed by atoms with Gasteiger partial charge in [0.05, 0.1) is 22.3 Å². The zero-order chi connectivity index (χ0) is 23.5. The van der Waals surface area contributed by atoms with Crippen molar-refractivity contribution in [2.75, 3.05) is 17.2 Å². The average Bonchev–Trinajstić information content (AvgIpc) is 2.81. The second-order valence-corrected chi connectivity index (χ2v) is 8.64. The maximum Gasteiger partial charge on any atom is 0.266 e.